The van der Waals surface area contributed by atoms with Crippen LogP contribution in [0, 0.1) is 13.8 Å². The molecule has 0 spiro atoms. The zero-order valence-electron chi connectivity index (χ0n) is 17.9. The second kappa shape index (κ2) is 9.32. The van der Waals surface area contributed by atoms with E-state index in [0.717, 1.165) is 54.8 Å². The SMILES string of the molecule is COCCOc1cccc(CN2CCN(c3cnn(Cc4c(C)noc4C)c3)C2)c1. The molecule has 160 valence electrons. The van der Waals surface area contributed by atoms with E-state index in [1.807, 2.05) is 36.9 Å². The lowest BCUT2D eigenvalue weighted by Crippen LogP contribution is -2.24. The molecule has 0 N–H and O–H groups in total. The maximum atomic E-state index is 5.73. The van der Waals surface area contributed by atoms with Crippen molar-refractivity contribution in [2.75, 3.05) is 45.0 Å². The third-order valence-electron chi connectivity index (χ3n) is 5.40. The highest BCUT2D eigenvalue weighted by Crippen LogP contribution is 2.22. The predicted octanol–water partition coefficient (Wildman–Crippen LogP) is 2.84. The smallest absolute Gasteiger partial charge is 0.138 e. The van der Waals surface area contributed by atoms with Gasteiger partial charge in [0, 0.05) is 38.5 Å². The van der Waals surface area contributed by atoms with Crippen molar-refractivity contribution in [3.05, 3.63) is 59.2 Å². The van der Waals surface area contributed by atoms with Crippen molar-refractivity contribution in [1.29, 1.82) is 0 Å². The molecule has 0 radical (unpaired) electrons. The lowest BCUT2D eigenvalue weighted by molar-refractivity contribution is 0.146. The van der Waals surface area contributed by atoms with Crippen molar-refractivity contribution in [3.8, 4) is 5.75 Å². The van der Waals surface area contributed by atoms with Crippen LogP contribution in [0.15, 0.2) is 41.2 Å². The molecule has 0 amide bonds. The maximum absolute atomic E-state index is 5.73. The van der Waals surface area contributed by atoms with Crippen LogP contribution in [-0.2, 0) is 17.8 Å². The van der Waals surface area contributed by atoms with Crippen LogP contribution in [0.4, 0.5) is 5.69 Å². The van der Waals surface area contributed by atoms with Crippen molar-refractivity contribution < 1.29 is 14.0 Å². The lowest BCUT2D eigenvalue weighted by Gasteiger charge is -2.18. The summed E-state index contributed by atoms with van der Waals surface area (Å²) in [7, 11) is 1.68. The van der Waals surface area contributed by atoms with E-state index in [1.165, 1.54) is 5.56 Å². The van der Waals surface area contributed by atoms with Crippen LogP contribution >= 0.6 is 0 Å². The average Bonchev–Trinajstić information content (AvgIpc) is 3.46. The number of ether oxygens (including phenoxy) is 2. The first-order valence-corrected chi connectivity index (χ1v) is 10.2. The number of aryl methyl sites for hydroxylation is 2. The Kier molecular flexibility index (Phi) is 6.35. The highest BCUT2D eigenvalue weighted by molar-refractivity contribution is 5.43. The summed E-state index contributed by atoms with van der Waals surface area (Å²) in [4.78, 5) is 4.79. The summed E-state index contributed by atoms with van der Waals surface area (Å²) in [5.41, 5.74) is 4.41. The Labute approximate surface area is 177 Å². The van der Waals surface area contributed by atoms with Crippen molar-refractivity contribution in [3.63, 3.8) is 0 Å². The van der Waals surface area contributed by atoms with Gasteiger partial charge in [0.2, 0.25) is 0 Å². The molecule has 0 unspecified atom stereocenters. The predicted molar refractivity (Wildman–Crippen MR) is 114 cm³/mol. The topological polar surface area (TPSA) is 68.8 Å². The number of nitrogens with zero attached hydrogens (tertiary/aromatic N) is 5. The van der Waals surface area contributed by atoms with Gasteiger partial charge in [0.1, 0.15) is 18.1 Å². The molecule has 0 atom stereocenters. The van der Waals surface area contributed by atoms with Gasteiger partial charge >= 0.3 is 0 Å². The number of anilines is 1. The molecule has 1 saturated heterocycles. The van der Waals surface area contributed by atoms with Crippen molar-refractivity contribution in [2.45, 2.75) is 26.9 Å². The fraction of sp³-hybridized carbons (Fsp3) is 0.455. The highest BCUT2D eigenvalue weighted by Gasteiger charge is 2.22. The van der Waals surface area contributed by atoms with Crippen molar-refractivity contribution in [1.82, 2.24) is 19.8 Å². The van der Waals surface area contributed by atoms with E-state index >= 15 is 0 Å². The second-order valence-electron chi connectivity index (χ2n) is 7.64. The number of hydrogen-bond acceptors (Lipinski definition) is 7. The summed E-state index contributed by atoms with van der Waals surface area (Å²) >= 11 is 0. The molecule has 1 aliphatic heterocycles. The van der Waals surface area contributed by atoms with Crippen molar-refractivity contribution >= 4 is 5.69 Å². The summed E-state index contributed by atoms with van der Waals surface area (Å²) in [6.45, 7) is 9.52. The summed E-state index contributed by atoms with van der Waals surface area (Å²) in [6.07, 6.45) is 4.03. The molecule has 8 heteroatoms. The van der Waals surface area contributed by atoms with Gasteiger partial charge < -0.3 is 18.9 Å². The van der Waals surface area contributed by atoms with E-state index < -0.39 is 0 Å². The molecule has 3 aromatic rings. The Balaban J connectivity index is 1.33. The minimum Gasteiger partial charge on any atom is -0.491 e. The summed E-state index contributed by atoms with van der Waals surface area (Å²) in [5.74, 6) is 1.74. The largest absolute Gasteiger partial charge is 0.491 e. The Bertz CT molecular complexity index is 948. The molecule has 0 saturated carbocycles. The first-order valence-electron chi connectivity index (χ1n) is 10.2. The maximum Gasteiger partial charge on any atom is 0.138 e. The fourth-order valence-electron chi connectivity index (χ4n) is 3.71. The Hall–Kier alpha value is -2.84. The number of hydrogen-bond donors (Lipinski definition) is 0. The molecule has 3 heterocycles. The molecular weight excluding hydrogens is 382 g/mol. The van der Waals surface area contributed by atoms with Gasteiger partial charge in [-0.1, -0.05) is 17.3 Å². The van der Waals surface area contributed by atoms with E-state index in [0.29, 0.717) is 19.8 Å². The monoisotopic (exact) mass is 411 g/mol. The molecule has 30 heavy (non-hydrogen) atoms. The minimum atomic E-state index is 0.565. The van der Waals surface area contributed by atoms with Crippen LogP contribution in [0.25, 0.3) is 0 Å². The van der Waals surface area contributed by atoms with Gasteiger partial charge in [-0.2, -0.15) is 5.10 Å². The van der Waals surface area contributed by atoms with Crippen LogP contribution in [0.5, 0.6) is 5.75 Å². The second-order valence-corrected chi connectivity index (χ2v) is 7.64. The number of rotatable bonds is 9. The molecule has 8 nitrogen and oxygen atoms in total. The summed E-state index contributed by atoms with van der Waals surface area (Å²) in [5, 5.41) is 8.56. The third kappa shape index (κ3) is 4.83. The fourth-order valence-corrected chi connectivity index (χ4v) is 3.71. The van der Waals surface area contributed by atoms with Gasteiger partial charge in [0.25, 0.3) is 0 Å². The number of benzene rings is 1. The molecule has 0 aliphatic carbocycles. The van der Waals surface area contributed by atoms with Gasteiger partial charge in [-0.25, -0.2) is 0 Å². The summed E-state index contributed by atoms with van der Waals surface area (Å²) < 4.78 is 18.0. The molecule has 1 aromatic carbocycles. The van der Waals surface area contributed by atoms with Gasteiger partial charge in [-0.05, 0) is 31.5 Å². The molecular formula is C22H29N5O3. The Morgan fingerprint density at radius 3 is 2.83 bits per heavy atom. The van der Waals surface area contributed by atoms with E-state index in [9.17, 15) is 0 Å². The Morgan fingerprint density at radius 1 is 1.13 bits per heavy atom. The molecule has 1 fully saturated rings. The van der Waals surface area contributed by atoms with Gasteiger partial charge in [-0.15, -0.1) is 0 Å². The molecule has 2 aromatic heterocycles. The standard InChI is InChI=1S/C22H29N5O3/c1-17-22(18(2)30-24-17)15-27-14-20(12-23-27)26-8-7-25(16-26)13-19-5-4-6-21(11-19)29-10-9-28-3/h4-6,11-12,14H,7-10,13,15-16H2,1-3H3. The molecule has 0 bridgehead atoms. The minimum absolute atomic E-state index is 0.565. The molecule has 1 aliphatic rings. The first-order chi connectivity index (χ1) is 14.6. The van der Waals surface area contributed by atoms with Gasteiger partial charge in [0.15, 0.2) is 0 Å². The van der Waals surface area contributed by atoms with Gasteiger partial charge in [-0.3, -0.25) is 9.58 Å². The van der Waals surface area contributed by atoms with E-state index in [-0.39, 0.29) is 0 Å². The first kappa shape index (κ1) is 20.4. The Morgan fingerprint density at radius 2 is 2.03 bits per heavy atom. The average molecular weight is 412 g/mol. The van der Waals surface area contributed by atoms with Crippen LogP contribution < -0.4 is 9.64 Å². The zero-order valence-corrected chi connectivity index (χ0v) is 17.9. The van der Waals surface area contributed by atoms with Crippen LogP contribution in [-0.4, -0.2) is 59.9 Å². The zero-order chi connectivity index (χ0) is 20.9. The number of aromatic nitrogens is 3. The van der Waals surface area contributed by atoms with E-state index in [1.54, 1.807) is 7.11 Å². The lowest BCUT2D eigenvalue weighted by atomic mass is 10.2. The highest BCUT2D eigenvalue weighted by atomic mass is 16.5. The quantitative estimate of drug-likeness (QED) is 0.502. The molecule has 4 rings (SSSR count). The normalized spacial score (nSPS) is 14.6. The summed E-state index contributed by atoms with van der Waals surface area (Å²) in [6, 6.07) is 8.29. The van der Waals surface area contributed by atoms with E-state index in [4.69, 9.17) is 14.0 Å². The third-order valence-corrected chi connectivity index (χ3v) is 5.40. The van der Waals surface area contributed by atoms with Crippen molar-refractivity contribution in [2.24, 2.45) is 0 Å². The van der Waals surface area contributed by atoms with Gasteiger partial charge in [0.05, 0.1) is 37.4 Å². The van der Waals surface area contributed by atoms with E-state index in [2.05, 4.69) is 38.4 Å². The van der Waals surface area contributed by atoms with Crippen LogP contribution in [0.2, 0.25) is 0 Å². The van der Waals surface area contributed by atoms with Crippen LogP contribution in [0.3, 0.4) is 0 Å². The number of methoxy groups -OCH3 is 1. The van der Waals surface area contributed by atoms with Crippen LogP contribution in [0.1, 0.15) is 22.6 Å².